The molecule has 0 fully saturated rings. The zero-order chi connectivity index (χ0) is 14.8. The number of ether oxygens (including phenoxy) is 1. The van der Waals surface area contributed by atoms with Gasteiger partial charge in [0.05, 0.1) is 5.69 Å². The number of benzene rings is 2. The molecule has 5 heteroatoms. The molecule has 0 bridgehead atoms. The number of halogens is 1. The van der Waals surface area contributed by atoms with E-state index in [1.807, 2.05) is 37.3 Å². The summed E-state index contributed by atoms with van der Waals surface area (Å²) in [6.45, 7) is 1.93. The van der Waals surface area contributed by atoms with Crippen molar-refractivity contribution in [1.29, 1.82) is 0 Å². The number of hydrogen-bond acceptors (Lipinski definition) is 4. The monoisotopic (exact) mass is 300 g/mol. The fourth-order valence-electron chi connectivity index (χ4n) is 2.29. The van der Waals surface area contributed by atoms with E-state index in [4.69, 9.17) is 16.3 Å². The molecular formula is C16H13ClN2O2. The van der Waals surface area contributed by atoms with Crippen LogP contribution in [0.3, 0.4) is 0 Å². The summed E-state index contributed by atoms with van der Waals surface area (Å²) in [5.74, 6) is 0. The number of nitrogens with one attached hydrogen (secondary N) is 1. The smallest absolute Gasteiger partial charge is 0.295 e. The van der Waals surface area contributed by atoms with Gasteiger partial charge in [-0.25, -0.2) is 0 Å². The minimum atomic E-state index is -0.652. The van der Waals surface area contributed by atoms with Gasteiger partial charge in [-0.1, -0.05) is 29.8 Å². The molecule has 0 saturated heterocycles. The number of aldehydes is 1. The molecule has 21 heavy (non-hydrogen) atoms. The zero-order valence-corrected chi connectivity index (χ0v) is 12.1. The van der Waals surface area contributed by atoms with Crippen LogP contribution in [0, 0.1) is 6.92 Å². The molecular weight excluding hydrogens is 288 g/mol. The third-order valence-electron chi connectivity index (χ3n) is 3.25. The van der Waals surface area contributed by atoms with Crippen molar-refractivity contribution in [3.8, 4) is 0 Å². The first-order valence-electron chi connectivity index (χ1n) is 6.50. The predicted molar refractivity (Wildman–Crippen MR) is 83.2 cm³/mol. The zero-order valence-electron chi connectivity index (χ0n) is 11.3. The SMILES string of the molecule is Cc1cccc2c1C(C=O)OC(Nc1cccc(Cl)c1)=N2. The number of carbonyl (C=O) groups excluding carboxylic acids is 1. The van der Waals surface area contributed by atoms with E-state index in [0.717, 1.165) is 28.8 Å². The second-order valence-corrected chi connectivity index (χ2v) is 5.17. The van der Waals surface area contributed by atoms with Crippen molar-refractivity contribution in [3.63, 3.8) is 0 Å². The average Bonchev–Trinajstić information content (AvgIpc) is 2.46. The quantitative estimate of drug-likeness (QED) is 0.852. The first kappa shape index (κ1) is 13.6. The van der Waals surface area contributed by atoms with Crippen molar-refractivity contribution in [2.45, 2.75) is 13.0 Å². The number of anilines is 1. The Balaban J connectivity index is 1.96. The molecule has 4 nitrogen and oxygen atoms in total. The first-order chi connectivity index (χ1) is 10.2. The fraction of sp³-hybridized carbons (Fsp3) is 0.125. The van der Waals surface area contributed by atoms with E-state index >= 15 is 0 Å². The van der Waals surface area contributed by atoms with Crippen LogP contribution in [-0.4, -0.2) is 12.3 Å². The Morgan fingerprint density at radius 3 is 2.86 bits per heavy atom. The summed E-state index contributed by atoms with van der Waals surface area (Å²) >= 11 is 5.94. The van der Waals surface area contributed by atoms with Crippen molar-refractivity contribution >= 4 is 35.3 Å². The molecule has 0 amide bonds. The van der Waals surface area contributed by atoms with E-state index in [9.17, 15) is 4.79 Å². The van der Waals surface area contributed by atoms with Gasteiger partial charge in [-0.15, -0.1) is 0 Å². The van der Waals surface area contributed by atoms with Crippen LogP contribution in [0.15, 0.2) is 47.5 Å². The van der Waals surface area contributed by atoms with Crippen LogP contribution in [-0.2, 0) is 9.53 Å². The predicted octanol–water partition coefficient (Wildman–Crippen LogP) is 4.02. The van der Waals surface area contributed by atoms with E-state index in [2.05, 4.69) is 10.3 Å². The number of rotatable bonds is 2. The van der Waals surface area contributed by atoms with Gasteiger partial charge in [-0.05, 0) is 36.8 Å². The second-order valence-electron chi connectivity index (χ2n) is 4.73. The van der Waals surface area contributed by atoms with Gasteiger partial charge in [-0.3, -0.25) is 4.79 Å². The minimum absolute atomic E-state index is 0.285. The van der Waals surface area contributed by atoms with Crippen molar-refractivity contribution in [2.75, 3.05) is 5.32 Å². The second kappa shape index (κ2) is 5.58. The van der Waals surface area contributed by atoms with Gasteiger partial charge in [0.25, 0.3) is 6.02 Å². The lowest BCUT2D eigenvalue weighted by Crippen LogP contribution is -2.24. The summed E-state index contributed by atoms with van der Waals surface area (Å²) in [6.07, 6.45) is 0.126. The lowest BCUT2D eigenvalue weighted by Gasteiger charge is -2.24. The summed E-state index contributed by atoms with van der Waals surface area (Å²) in [4.78, 5) is 15.7. The summed E-state index contributed by atoms with van der Waals surface area (Å²) in [5.41, 5.74) is 3.28. The average molecular weight is 301 g/mol. The molecule has 0 saturated carbocycles. The highest BCUT2D eigenvalue weighted by atomic mass is 35.5. The van der Waals surface area contributed by atoms with Gasteiger partial charge in [0, 0.05) is 16.3 Å². The van der Waals surface area contributed by atoms with Crippen LogP contribution in [0.1, 0.15) is 17.2 Å². The van der Waals surface area contributed by atoms with E-state index in [1.165, 1.54) is 0 Å². The molecule has 0 aromatic heterocycles. The Bertz CT molecular complexity index is 728. The molecule has 0 aliphatic carbocycles. The lowest BCUT2D eigenvalue weighted by atomic mass is 10.0. The largest absolute Gasteiger partial charge is 0.449 e. The first-order valence-corrected chi connectivity index (χ1v) is 6.88. The van der Waals surface area contributed by atoms with Crippen LogP contribution in [0.2, 0.25) is 5.02 Å². The normalized spacial score (nSPS) is 16.5. The molecule has 2 aromatic carbocycles. The summed E-state index contributed by atoms with van der Waals surface area (Å²) in [7, 11) is 0. The van der Waals surface area contributed by atoms with Gasteiger partial charge in [0.2, 0.25) is 0 Å². The maximum absolute atomic E-state index is 11.3. The third-order valence-corrected chi connectivity index (χ3v) is 3.48. The molecule has 1 atom stereocenters. The van der Waals surface area contributed by atoms with E-state index in [1.54, 1.807) is 12.1 Å². The van der Waals surface area contributed by atoms with E-state index in [0.29, 0.717) is 5.02 Å². The fourth-order valence-corrected chi connectivity index (χ4v) is 2.48. The summed E-state index contributed by atoms with van der Waals surface area (Å²) < 4.78 is 5.61. The Morgan fingerprint density at radius 1 is 1.29 bits per heavy atom. The summed E-state index contributed by atoms with van der Waals surface area (Å²) in [5, 5.41) is 3.64. The number of nitrogens with zero attached hydrogens (tertiary/aromatic N) is 1. The minimum Gasteiger partial charge on any atom is -0.449 e. The topological polar surface area (TPSA) is 50.7 Å². The molecule has 2 aromatic rings. The van der Waals surface area contributed by atoms with Crippen molar-refractivity contribution < 1.29 is 9.53 Å². The van der Waals surface area contributed by atoms with Crippen LogP contribution >= 0.6 is 11.6 Å². The highest BCUT2D eigenvalue weighted by molar-refractivity contribution is 6.30. The molecule has 1 heterocycles. The molecule has 106 valence electrons. The Hall–Kier alpha value is -2.33. The number of aryl methyl sites for hydroxylation is 1. The van der Waals surface area contributed by atoms with Crippen LogP contribution in [0.25, 0.3) is 0 Å². The molecule has 1 N–H and O–H groups in total. The van der Waals surface area contributed by atoms with Crippen LogP contribution in [0.5, 0.6) is 0 Å². The standard InChI is InChI=1S/C16H13ClN2O2/c1-10-4-2-7-13-15(10)14(9-20)21-16(19-13)18-12-6-3-5-11(17)8-12/h2-9,14H,1H3,(H,18,19). The van der Waals surface area contributed by atoms with Gasteiger partial charge in [-0.2, -0.15) is 4.99 Å². The third kappa shape index (κ3) is 2.76. The molecule has 1 aliphatic heterocycles. The highest BCUT2D eigenvalue weighted by Gasteiger charge is 2.25. The number of aliphatic imine (C=N–C) groups is 1. The molecule has 1 unspecified atom stereocenters. The molecule has 3 rings (SSSR count). The van der Waals surface area contributed by atoms with Gasteiger partial charge >= 0.3 is 0 Å². The van der Waals surface area contributed by atoms with Crippen LogP contribution in [0.4, 0.5) is 11.4 Å². The number of amidine groups is 1. The number of hydrogen-bond donors (Lipinski definition) is 1. The molecule has 0 spiro atoms. The lowest BCUT2D eigenvalue weighted by molar-refractivity contribution is -0.114. The summed E-state index contributed by atoms with van der Waals surface area (Å²) in [6, 6.07) is 13.2. The maximum Gasteiger partial charge on any atom is 0.295 e. The van der Waals surface area contributed by atoms with Crippen molar-refractivity contribution in [3.05, 3.63) is 58.6 Å². The molecule has 1 aliphatic rings. The molecule has 0 radical (unpaired) electrons. The van der Waals surface area contributed by atoms with E-state index in [-0.39, 0.29) is 6.02 Å². The van der Waals surface area contributed by atoms with Crippen molar-refractivity contribution in [2.24, 2.45) is 4.99 Å². The van der Waals surface area contributed by atoms with Crippen molar-refractivity contribution in [1.82, 2.24) is 0 Å². The Labute approximate surface area is 127 Å². The maximum atomic E-state index is 11.3. The Kier molecular flexibility index (Phi) is 3.62. The van der Waals surface area contributed by atoms with Crippen LogP contribution < -0.4 is 5.32 Å². The number of fused-ring (bicyclic) bond motifs is 1. The van der Waals surface area contributed by atoms with Gasteiger partial charge < -0.3 is 10.1 Å². The van der Waals surface area contributed by atoms with Gasteiger partial charge in [0.1, 0.15) is 0 Å². The van der Waals surface area contributed by atoms with E-state index < -0.39 is 6.10 Å². The van der Waals surface area contributed by atoms with Gasteiger partial charge in [0.15, 0.2) is 12.4 Å². The Morgan fingerprint density at radius 2 is 2.10 bits per heavy atom. The number of carbonyl (C=O) groups is 1. The highest BCUT2D eigenvalue weighted by Crippen LogP contribution is 2.34.